The van der Waals surface area contributed by atoms with E-state index < -0.39 is 0 Å². The lowest BCUT2D eigenvalue weighted by atomic mass is 9.56. The van der Waals surface area contributed by atoms with Crippen LogP contribution in [0.5, 0.6) is 0 Å². The highest BCUT2D eigenvalue weighted by molar-refractivity contribution is 9.11. The first kappa shape index (κ1) is 19.5. The first-order chi connectivity index (χ1) is 16.1. The van der Waals surface area contributed by atoms with Gasteiger partial charge < -0.3 is 0 Å². The molecule has 170 valence electrons. The van der Waals surface area contributed by atoms with Gasteiger partial charge in [-0.1, -0.05) is 31.9 Å². The van der Waals surface area contributed by atoms with E-state index in [1.807, 2.05) is 0 Å². The molecule has 3 heteroatoms. The van der Waals surface area contributed by atoms with Crippen LogP contribution >= 0.6 is 31.9 Å². The minimum atomic E-state index is 0.681. The zero-order chi connectivity index (χ0) is 21.6. The zero-order valence-corrected chi connectivity index (χ0v) is 22.3. The van der Waals surface area contributed by atoms with Crippen molar-refractivity contribution in [1.29, 1.82) is 0 Å². The Kier molecular flexibility index (Phi) is 3.77. The lowest BCUT2D eigenvalue weighted by Crippen LogP contribution is -2.41. The Bertz CT molecular complexity index is 1230. The van der Waals surface area contributed by atoms with Gasteiger partial charge in [0.25, 0.3) is 0 Å². The standard InChI is InChI=1S/C30H31Br2N/c31-27-9-23-18-5-20-6-19-4-17(11-30(19,20)12-18)22(23)8-25(27)24-7-21-16-2-1-15(3-16)13-33-14-29(33)26(21)10-28(24)32/h7-10,15-20,29H,1-6,11-14H2. The summed E-state index contributed by atoms with van der Waals surface area (Å²) in [5, 5.41) is 0. The monoisotopic (exact) mass is 563 g/mol. The third-order valence-electron chi connectivity index (χ3n) is 11.6. The molecule has 1 saturated heterocycles. The Morgan fingerprint density at radius 3 is 2.03 bits per heavy atom. The van der Waals surface area contributed by atoms with Crippen LogP contribution in [-0.2, 0) is 0 Å². The number of rotatable bonds is 1. The molecule has 1 nitrogen and oxygen atoms in total. The van der Waals surface area contributed by atoms with Crippen molar-refractivity contribution in [1.82, 2.24) is 4.90 Å². The summed E-state index contributed by atoms with van der Waals surface area (Å²) in [5.74, 6) is 5.42. The predicted octanol–water partition coefficient (Wildman–Crippen LogP) is 8.52. The van der Waals surface area contributed by atoms with Gasteiger partial charge >= 0.3 is 0 Å². The van der Waals surface area contributed by atoms with Crippen LogP contribution in [-0.4, -0.2) is 18.0 Å². The second-order valence-electron chi connectivity index (χ2n) is 12.9. The van der Waals surface area contributed by atoms with Crippen molar-refractivity contribution in [3.05, 3.63) is 55.5 Å². The summed E-state index contributed by atoms with van der Waals surface area (Å²) in [6.45, 7) is 2.61. The number of fused-ring (bicyclic) bond motifs is 11. The third-order valence-corrected chi connectivity index (χ3v) is 13.0. The van der Waals surface area contributed by atoms with E-state index in [1.54, 1.807) is 22.3 Å². The van der Waals surface area contributed by atoms with E-state index in [1.165, 1.54) is 84.5 Å². The van der Waals surface area contributed by atoms with Crippen molar-refractivity contribution in [2.24, 2.45) is 23.2 Å². The molecule has 0 amide bonds. The topological polar surface area (TPSA) is 3.01 Å². The molecule has 9 rings (SSSR count). The van der Waals surface area contributed by atoms with E-state index in [-0.39, 0.29) is 0 Å². The molecule has 0 aromatic heterocycles. The van der Waals surface area contributed by atoms with Crippen molar-refractivity contribution in [2.75, 3.05) is 13.1 Å². The number of hydrogen-bond donors (Lipinski definition) is 0. The smallest absolute Gasteiger partial charge is 0.0479 e. The van der Waals surface area contributed by atoms with Gasteiger partial charge in [-0.25, -0.2) is 0 Å². The molecule has 9 unspecified atom stereocenters. The fraction of sp³-hybridized carbons (Fsp3) is 0.600. The summed E-state index contributed by atoms with van der Waals surface area (Å²) in [6, 6.07) is 11.0. The fourth-order valence-corrected chi connectivity index (χ4v) is 11.3. The Morgan fingerprint density at radius 1 is 0.667 bits per heavy atom. The molecule has 5 aliphatic carbocycles. The molecule has 5 bridgehead atoms. The molecule has 5 fully saturated rings. The van der Waals surface area contributed by atoms with Crippen LogP contribution in [0, 0.1) is 23.2 Å². The van der Waals surface area contributed by atoms with Crippen molar-refractivity contribution in [3.8, 4) is 11.1 Å². The number of benzene rings is 2. The summed E-state index contributed by atoms with van der Waals surface area (Å²) in [7, 11) is 0. The molecule has 2 aliphatic heterocycles. The summed E-state index contributed by atoms with van der Waals surface area (Å²) in [6.07, 6.45) is 11.6. The fourth-order valence-electron chi connectivity index (χ4n) is 10.1. The van der Waals surface area contributed by atoms with Crippen LogP contribution in [0.4, 0.5) is 0 Å². The maximum atomic E-state index is 4.07. The van der Waals surface area contributed by atoms with E-state index in [4.69, 9.17) is 0 Å². The first-order valence-corrected chi connectivity index (χ1v) is 15.1. The van der Waals surface area contributed by atoms with E-state index in [0.29, 0.717) is 6.04 Å². The van der Waals surface area contributed by atoms with Crippen LogP contribution in [0.25, 0.3) is 11.1 Å². The van der Waals surface area contributed by atoms with Gasteiger partial charge in [0.15, 0.2) is 0 Å². The quantitative estimate of drug-likeness (QED) is 0.314. The Hall–Kier alpha value is -0.640. The first-order valence-electron chi connectivity index (χ1n) is 13.5. The van der Waals surface area contributed by atoms with E-state index in [0.717, 1.165) is 40.9 Å². The van der Waals surface area contributed by atoms with E-state index in [2.05, 4.69) is 61.0 Å². The summed E-state index contributed by atoms with van der Waals surface area (Å²) in [5.41, 5.74) is 10.3. The zero-order valence-electron chi connectivity index (χ0n) is 19.1. The van der Waals surface area contributed by atoms with Gasteiger partial charge in [0, 0.05) is 28.1 Å². The van der Waals surface area contributed by atoms with Gasteiger partial charge in [0.05, 0.1) is 0 Å². The van der Waals surface area contributed by atoms with Crippen LogP contribution < -0.4 is 0 Å². The highest BCUT2D eigenvalue weighted by atomic mass is 79.9. The molecular weight excluding hydrogens is 534 g/mol. The van der Waals surface area contributed by atoms with Gasteiger partial charge in [0.2, 0.25) is 0 Å². The SMILES string of the molecule is Brc1cc2c(cc1-c1cc3c(cc1Br)C1CN1CC1CCC3C1)C1CC3CC4CC2CC43C1. The largest absolute Gasteiger partial charge is 0.293 e. The molecule has 2 aromatic carbocycles. The van der Waals surface area contributed by atoms with Crippen LogP contribution in [0.15, 0.2) is 33.2 Å². The molecule has 4 saturated carbocycles. The Balaban J connectivity index is 1.20. The lowest BCUT2D eigenvalue weighted by Gasteiger charge is -2.48. The van der Waals surface area contributed by atoms with Crippen LogP contribution in [0.3, 0.4) is 0 Å². The minimum Gasteiger partial charge on any atom is -0.293 e. The number of hydrogen-bond acceptors (Lipinski definition) is 1. The summed E-state index contributed by atoms with van der Waals surface area (Å²) in [4.78, 5) is 2.71. The minimum absolute atomic E-state index is 0.681. The molecule has 0 N–H and O–H groups in total. The lowest BCUT2D eigenvalue weighted by molar-refractivity contribution is 0.00322. The van der Waals surface area contributed by atoms with Gasteiger partial charge in [-0.05, 0) is 150 Å². The van der Waals surface area contributed by atoms with Crippen molar-refractivity contribution >= 4 is 31.9 Å². The average Bonchev–Trinajstić information content (AvgIpc) is 3.14. The molecule has 7 aliphatic rings. The van der Waals surface area contributed by atoms with Gasteiger partial charge in [-0.2, -0.15) is 0 Å². The van der Waals surface area contributed by atoms with Crippen molar-refractivity contribution < 1.29 is 0 Å². The van der Waals surface area contributed by atoms with Crippen molar-refractivity contribution in [2.45, 2.75) is 75.2 Å². The van der Waals surface area contributed by atoms with Gasteiger partial charge in [-0.15, -0.1) is 0 Å². The highest BCUT2D eigenvalue weighted by Crippen LogP contribution is 2.76. The molecule has 1 spiro atoms. The molecule has 2 aromatic rings. The van der Waals surface area contributed by atoms with Crippen molar-refractivity contribution in [3.63, 3.8) is 0 Å². The molecule has 2 heterocycles. The number of halogens is 2. The highest BCUT2D eigenvalue weighted by Gasteiger charge is 2.65. The normalized spacial score (nSPS) is 44.8. The van der Waals surface area contributed by atoms with E-state index >= 15 is 0 Å². The second kappa shape index (κ2) is 6.37. The third kappa shape index (κ3) is 2.48. The van der Waals surface area contributed by atoms with Crippen LogP contribution in [0.1, 0.15) is 97.4 Å². The van der Waals surface area contributed by atoms with E-state index in [9.17, 15) is 0 Å². The molecule has 33 heavy (non-hydrogen) atoms. The summed E-state index contributed by atoms with van der Waals surface area (Å²) < 4.78 is 2.61. The molecular formula is C30H31Br2N. The summed E-state index contributed by atoms with van der Waals surface area (Å²) >= 11 is 8.12. The maximum absolute atomic E-state index is 4.07. The Labute approximate surface area is 214 Å². The number of nitrogens with zero attached hydrogens (tertiary/aromatic N) is 1. The molecule has 9 atom stereocenters. The second-order valence-corrected chi connectivity index (χ2v) is 14.6. The predicted molar refractivity (Wildman–Crippen MR) is 140 cm³/mol. The van der Waals surface area contributed by atoms with Crippen LogP contribution in [0.2, 0.25) is 0 Å². The van der Waals surface area contributed by atoms with Gasteiger partial charge in [0.1, 0.15) is 0 Å². The molecule has 0 radical (unpaired) electrons. The average molecular weight is 565 g/mol. The maximum Gasteiger partial charge on any atom is 0.0479 e. The van der Waals surface area contributed by atoms with Gasteiger partial charge in [-0.3, -0.25) is 4.90 Å². The Morgan fingerprint density at radius 2 is 1.30 bits per heavy atom.